The van der Waals surface area contributed by atoms with Gasteiger partial charge in [-0.3, -0.25) is 24.3 Å². The summed E-state index contributed by atoms with van der Waals surface area (Å²) in [5.41, 5.74) is 4.19. The number of aromatic nitrogens is 4. The number of anilines is 1. The molecule has 2 N–H and O–H groups in total. The maximum atomic E-state index is 13.4. The number of fused-ring (bicyclic) bond motifs is 1. The van der Waals surface area contributed by atoms with Gasteiger partial charge in [-0.2, -0.15) is 0 Å². The molecule has 1 aliphatic heterocycles. The van der Waals surface area contributed by atoms with E-state index in [-0.39, 0.29) is 30.6 Å². The summed E-state index contributed by atoms with van der Waals surface area (Å²) in [6, 6.07) is 9.88. The van der Waals surface area contributed by atoms with E-state index >= 15 is 0 Å². The smallest absolute Gasteiger partial charge is 0.290 e. The number of amides is 1. The molecule has 1 saturated heterocycles. The van der Waals surface area contributed by atoms with Crippen molar-refractivity contribution in [3.8, 4) is 0 Å². The number of benzene rings is 1. The highest BCUT2D eigenvalue weighted by Crippen LogP contribution is 2.25. The highest BCUT2D eigenvalue weighted by molar-refractivity contribution is 6.16. The molecule has 1 aliphatic rings. The number of carbonyl (C=O) groups excluding carboxylic acids is 2. The molecule has 1 fully saturated rings. The average molecular weight is 545 g/mol. The van der Waals surface area contributed by atoms with E-state index in [9.17, 15) is 9.59 Å². The molecule has 1 amide bonds. The van der Waals surface area contributed by atoms with Crippen molar-refractivity contribution in [2.75, 3.05) is 31.6 Å². The van der Waals surface area contributed by atoms with Crippen molar-refractivity contribution < 1.29 is 24.2 Å². The van der Waals surface area contributed by atoms with Crippen LogP contribution in [-0.2, 0) is 27.3 Å². The molecule has 1 aromatic carbocycles. The number of pyridine rings is 1. The predicted molar refractivity (Wildman–Crippen MR) is 149 cm³/mol. The van der Waals surface area contributed by atoms with Crippen molar-refractivity contribution in [3.05, 3.63) is 83.7 Å². The number of hydrogen-bond donors (Lipinski definition) is 2. The fraction of sp³-hybridized carbons (Fsp3) is 0.310. The first kappa shape index (κ1) is 28.5. The molecule has 3 aromatic heterocycles. The first-order chi connectivity index (χ1) is 19.4. The first-order valence-corrected chi connectivity index (χ1v) is 13.0. The van der Waals surface area contributed by atoms with Crippen LogP contribution in [0.25, 0.3) is 11.0 Å². The third-order valence-corrected chi connectivity index (χ3v) is 6.45. The Morgan fingerprint density at radius 3 is 2.60 bits per heavy atom. The van der Waals surface area contributed by atoms with Crippen molar-refractivity contribution in [3.63, 3.8) is 0 Å². The third kappa shape index (κ3) is 7.13. The molecule has 11 nitrogen and oxygen atoms in total. The van der Waals surface area contributed by atoms with Gasteiger partial charge in [0.25, 0.3) is 6.47 Å². The molecule has 4 aromatic rings. The topological polar surface area (TPSA) is 140 Å². The second-order valence-corrected chi connectivity index (χ2v) is 9.63. The fourth-order valence-electron chi connectivity index (χ4n) is 4.60. The SMILES string of the molecule is CC(C)n1cc(C(=O)c2cncc(NC(=O)Cc3cccc(CN4CCOCC4)c3)c2)c2cncnc21.O=CO. The van der Waals surface area contributed by atoms with E-state index in [1.165, 1.54) is 18.1 Å². The summed E-state index contributed by atoms with van der Waals surface area (Å²) in [6.45, 7) is 7.99. The van der Waals surface area contributed by atoms with E-state index in [1.807, 2.05) is 36.7 Å². The van der Waals surface area contributed by atoms with Gasteiger partial charge in [0.2, 0.25) is 5.91 Å². The second-order valence-electron chi connectivity index (χ2n) is 9.63. The van der Waals surface area contributed by atoms with Crippen molar-refractivity contribution in [2.45, 2.75) is 32.9 Å². The molecule has 40 heavy (non-hydrogen) atoms. The first-order valence-electron chi connectivity index (χ1n) is 13.0. The second kappa shape index (κ2) is 13.5. The molecule has 0 aliphatic carbocycles. The van der Waals surface area contributed by atoms with E-state index < -0.39 is 0 Å². The third-order valence-electron chi connectivity index (χ3n) is 6.45. The van der Waals surface area contributed by atoms with Crippen LogP contribution >= 0.6 is 0 Å². The molecule has 4 heterocycles. The van der Waals surface area contributed by atoms with Gasteiger partial charge in [0.1, 0.15) is 12.0 Å². The Hall–Kier alpha value is -4.48. The Morgan fingerprint density at radius 1 is 1.10 bits per heavy atom. The average Bonchev–Trinajstić information content (AvgIpc) is 3.34. The van der Waals surface area contributed by atoms with Crippen LogP contribution in [0.5, 0.6) is 0 Å². The summed E-state index contributed by atoms with van der Waals surface area (Å²) in [6.07, 6.45) is 8.22. The van der Waals surface area contributed by atoms with E-state index in [4.69, 9.17) is 14.6 Å². The lowest BCUT2D eigenvalue weighted by molar-refractivity contribution is -0.123. The van der Waals surface area contributed by atoms with E-state index in [0.717, 1.165) is 38.4 Å². The van der Waals surface area contributed by atoms with Crippen LogP contribution in [0, 0.1) is 0 Å². The summed E-state index contributed by atoms with van der Waals surface area (Å²) >= 11 is 0. The van der Waals surface area contributed by atoms with E-state index in [2.05, 4.69) is 37.3 Å². The number of nitrogens with zero attached hydrogens (tertiary/aromatic N) is 5. The molecule has 0 bridgehead atoms. The van der Waals surface area contributed by atoms with Crippen LogP contribution < -0.4 is 5.32 Å². The molecule has 11 heteroatoms. The molecule has 0 atom stereocenters. The maximum Gasteiger partial charge on any atom is 0.290 e. The number of ether oxygens (including phenoxy) is 1. The molecular weight excluding hydrogens is 512 g/mol. The minimum Gasteiger partial charge on any atom is -0.483 e. The zero-order valence-electron chi connectivity index (χ0n) is 22.5. The van der Waals surface area contributed by atoms with Crippen molar-refractivity contribution in [1.29, 1.82) is 0 Å². The summed E-state index contributed by atoms with van der Waals surface area (Å²) in [5.74, 6) is -0.363. The Kier molecular flexibility index (Phi) is 9.66. The van der Waals surface area contributed by atoms with Crippen LogP contribution in [0.1, 0.15) is 46.9 Å². The Labute approximate surface area is 231 Å². The quantitative estimate of drug-likeness (QED) is 0.252. The monoisotopic (exact) mass is 544 g/mol. The number of hydrogen-bond acceptors (Lipinski definition) is 8. The lowest BCUT2D eigenvalue weighted by Gasteiger charge is -2.26. The van der Waals surface area contributed by atoms with Gasteiger partial charge in [-0.25, -0.2) is 9.97 Å². The number of nitrogens with one attached hydrogen (secondary N) is 1. The van der Waals surface area contributed by atoms with Gasteiger partial charge in [-0.1, -0.05) is 24.3 Å². The van der Waals surface area contributed by atoms with Gasteiger partial charge in [0, 0.05) is 55.2 Å². The number of ketones is 1. The largest absolute Gasteiger partial charge is 0.483 e. The molecule has 5 rings (SSSR count). The van der Waals surface area contributed by atoms with Crippen LogP contribution in [0.15, 0.2) is 61.4 Å². The number of carboxylic acid groups (broad SMARTS) is 1. The van der Waals surface area contributed by atoms with Gasteiger partial charge < -0.3 is 19.7 Å². The van der Waals surface area contributed by atoms with Crippen LogP contribution in [0.4, 0.5) is 5.69 Å². The van der Waals surface area contributed by atoms with E-state index in [0.29, 0.717) is 27.8 Å². The van der Waals surface area contributed by atoms with E-state index in [1.54, 1.807) is 18.5 Å². The van der Waals surface area contributed by atoms with Crippen LogP contribution in [0.2, 0.25) is 0 Å². The standard InChI is InChI=1S/C28H30N6O3.CH2O2/c1-19(2)34-17-25(24-15-30-18-31-28(24)34)27(36)22-12-23(14-29-13-22)32-26(35)11-20-4-3-5-21(10-20)16-33-6-8-37-9-7-33;2-1-3/h3-5,10,12-15,17-19H,6-9,11,16H2,1-2H3,(H,32,35);1H,(H,2,3). The molecule has 0 radical (unpaired) electrons. The summed E-state index contributed by atoms with van der Waals surface area (Å²) in [4.78, 5) is 49.6. The number of morpholine rings is 1. The summed E-state index contributed by atoms with van der Waals surface area (Å²) in [5, 5.41) is 10.5. The van der Waals surface area contributed by atoms with Gasteiger partial charge in [0.05, 0.1) is 37.1 Å². The van der Waals surface area contributed by atoms with Gasteiger partial charge in [0.15, 0.2) is 5.78 Å². The molecule has 0 unspecified atom stereocenters. The lowest BCUT2D eigenvalue weighted by atomic mass is 10.1. The summed E-state index contributed by atoms with van der Waals surface area (Å²) < 4.78 is 7.38. The van der Waals surface area contributed by atoms with Crippen molar-refractivity contribution >= 4 is 34.9 Å². The zero-order valence-corrected chi connectivity index (χ0v) is 22.5. The number of carbonyl (C=O) groups is 3. The normalized spacial score (nSPS) is 13.5. The Bertz CT molecular complexity index is 1480. The minimum atomic E-state index is -0.250. The van der Waals surface area contributed by atoms with Gasteiger partial charge in [-0.05, 0) is 31.0 Å². The zero-order chi connectivity index (χ0) is 28.5. The van der Waals surface area contributed by atoms with Crippen LogP contribution in [-0.4, -0.2) is 74.0 Å². The molecule has 208 valence electrons. The Balaban J connectivity index is 0.00000118. The molecule has 0 spiro atoms. The minimum absolute atomic E-state index is 0.134. The predicted octanol–water partition coefficient (Wildman–Crippen LogP) is 3.35. The Morgan fingerprint density at radius 2 is 1.85 bits per heavy atom. The van der Waals surface area contributed by atoms with Gasteiger partial charge >= 0.3 is 0 Å². The van der Waals surface area contributed by atoms with Gasteiger partial charge in [-0.15, -0.1) is 0 Å². The fourth-order valence-corrected chi connectivity index (χ4v) is 4.60. The number of rotatable bonds is 8. The highest BCUT2D eigenvalue weighted by Gasteiger charge is 2.20. The van der Waals surface area contributed by atoms with Crippen molar-refractivity contribution in [2.24, 2.45) is 0 Å². The highest BCUT2D eigenvalue weighted by atomic mass is 16.5. The summed E-state index contributed by atoms with van der Waals surface area (Å²) in [7, 11) is 0. The maximum absolute atomic E-state index is 13.4. The molecular formula is C29H32N6O5. The van der Waals surface area contributed by atoms with Crippen LogP contribution in [0.3, 0.4) is 0 Å². The van der Waals surface area contributed by atoms with Crippen molar-refractivity contribution in [1.82, 2.24) is 24.4 Å². The molecule has 0 saturated carbocycles. The lowest BCUT2D eigenvalue weighted by Crippen LogP contribution is -2.35.